The molecule has 0 aliphatic carbocycles. The Labute approximate surface area is 114 Å². The van der Waals surface area contributed by atoms with Gasteiger partial charge in [0, 0.05) is 12.7 Å². The van der Waals surface area contributed by atoms with Gasteiger partial charge >= 0.3 is 11.7 Å². The van der Waals surface area contributed by atoms with Gasteiger partial charge in [0.15, 0.2) is 0 Å². The highest BCUT2D eigenvalue weighted by atomic mass is 16.4. The summed E-state index contributed by atoms with van der Waals surface area (Å²) in [7, 11) is 0. The Morgan fingerprint density at radius 1 is 1.20 bits per heavy atom. The van der Waals surface area contributed by atoms with Crippen molar-refractivity contribution in [1.82, 2.24) is 9.13 Å². The van der Waals surface area contributed by atoms with Crippen LogP contribution in [-0.4, -0.2) is 20.2 Å². The largest absolute Gasteiger partial charge is 0.477 e. The molecule has 0 radical (unpaired) electrons. The van der Waals surface area contributed by atoms with Gasteiger partial charge < -0.3 is 5.11 Å². The first-order valence-electron chi connectivity index (χ1n) is 6.12. The zero-order valence-electron chi connectivity index (χ0n) is 11.2. The van der Waals surface area contributed by atoms with E-state index in [1.165, 1.54) is 4.57 Å². The summed E-state index contributed by atoms with van der Waals surface area (Å²) in [6, 6.07) is 6.74. The van der Waals surface area contributed by atoms with Crippen molar-refractivity contribution in [3.8, 4) is 5.69 Å². The molecule has 1 N–H and O–H groups in total. The van der Waals surface area contributed by atoms with Crippen molar-refractivity contribution in [2.75, 3.05) is 0 Å². The first-order valence-corrected chi connectivity index (χ1v) is 6.12. The maximum atomic E-state index is 12.2. The number of carboxylic acid groups (broad SMARTS) is 1. The molecule has 0 atom stereocenters. The Morgan fingerprint density at radius 2 is 1.80 bits per heavy atom. The van der Waals surface area contributed by atoms with E-state index in [1.807, 2.05) is 6.92 Å². The van der Waals surface area contributed by atoms with E-state index in [1.54, 1.807) is 31.2 Å². The Balaban J connectivity index is 2.84. The summed E-state index contributed by atoms with van der Waals surface area (Å²) in [6.07, 6.45) is 1.08. The predicted molar refractivity (Wildman–Crippen MR) is 73.7 cm³/mol. The molecule has 0 bridgehead atoms. The van der Waals surface area contributed by atoms with Crippen molar-refractivity contribution in [3.05, 3.63) is 62.4 Å². The van der Waals surface area contributed by atoms with E-state index in [4.69, 9.17) is 5.11 Å². The lowest BCUT2D eigenvalue weighted by molar-refractivity contribution is 0.0693. The monoisotopic (exact) mass is 274 g/mol. The quantitative estimate of drug-likeness (QED) is 0.906. The van der Waals surface area contributed by atoms with Crippen LogP contribution in [0.5, 0.6) is 0 Å². The van der Waals surface area contributed by atoms with Crippen LogP contribution in [0.2, 0.25) is 0 Å². The second kappa shape index (κ2) is 5.16. The fourth-order valence-corrected chi connectivity index (χ4v) is 1.90. The topological polar surface area (TPSA) is 81.3 Å². The van der Waals surface area contributed by atoms with Gasteiger partial charge in [-0.25, -0.2) is 14.2 Å². The number of hydrogen-bond acceptors (Lipinski definition) is 3. The molecule has 0 aliphatic rings. The predicted octanol–water partition coefficient (Wildman–Crippen LogP) is 1.03. The third-order valence-corrected chi connectivity index (χ3v) is 3.02. The smallest absolute Gasteiger partial charge is 0.342 e. The third kappa shape index (κ3) is 2.27. The second-order valence-electron chi connectivity index (χ2n) is 4.39. The Kier molecular flexibility index (Phi) is 3.56. The van der Waals surface area contributed by atoms with Crippen LogP contribution < -0.4 is 11.2 Å². The molecule has 1 heterocycles. The molecule has 104 valence electrons. The summed E-state index contributed by atoms with van der Waals surface area (Å²) in [5.41, 5.74) is -0.461. The van der Waals surface area contributed by atoms with E-state index in [0.29, 0.717) is 5.69 Å². The van der Waals surface area contributed by atoms with E-state index >= 15 is 0 Å². The number of rotatable bonds is 3. The van der Waals surface area contributed by atoms with Crippen molar-refractivity contribution in [2.24, 2.45) is 0 Å². The number of nitrogens with zero attached hydrogens (tertiary/aromatic N) is 2. The average molecular weight is 274 g/mol. The lowest BCUT2D eigenvalue weighted by atomic mass is 10.2. The van der Waals surface area contributed by atoms with E-state index < -0.39 is 22.8 Å². The SMILES string of the molecule is CCn1cc(C(=O)O)c(=O)n(-c2ccc(C)cc2)c1=O. The van der Waals surface area contributed by atoms with Crippen LogP contribution in [0.4, 0.5) is 0 Å². The summed E-state index contributed by atoms with van der Waals surface area (Å²) in [5, 5.41) is 9.06. The number of hydrogen-bond donors (Lipinski definition) is 1. The van der Waals surface area contributed by atoms with Gasteiger partial charge in [0.2, 0.25) is 0 Å². The number of carboxylic acids is 1. The van der Waals surface area contributed by atoms with Crippen LogP contribution in [0.15, 0.2) is 40.1 Å². The molecule has 1 aromatic carbocycles. The molecule has 2 aromatic rings. The normalized spacial score (nSPS) is 10.5. The summed E-state index contributed by atoms with van der Waals surface area (Å²) < 4.78 is 2.08. The highest BCUT2D eigenvalue weighted by Crippen LogP contribution is 2.05. The molecule has 0 saturated carbocycles. The number of aryl methyl sites for hydroxylation is 2. The van der Waals surface area contributed by atoms with Crippen molar-refractivity contribution in [3.63, 3.8) is 0 Å². The van der Waals surface area contributed by atoms with Crippen LogP contribution in [0, 0.1) is 6.92 Å². The van der Waals surface area contributed by atoms with Gasteiger partial charge in [-0.3, -0.25) is 9.36 Å². The molecule has 0 amide bonds. The minimum atomic E-state index is -1.35. The maximum absolute atomic E-state index is 12.2. The van der Waals surface area contributed by atoms with Gasteiger partial charge in [0.1, 0.15) is 5.56 Å². The Bertz CT molecular complexity index is 769. The molecule has 0 saturated heterocycles. The Morgan fingerprint density at radius 3 is 2.30 bits per heavy atom. The summed E-state index contributed by atoms with van der Waals surface area (Å²) in [6.45, 7) is 3.87. The Hall–Kier alpha value is -2.63. The minimum Gasteiger partial charge on any atom is -0.477 e. The third-order valence-electron chi connectivity index (χ3n) is 3.02. The van der Waals surface area contributed by atoms with Gasteiger partial charge in [0.05, 0.1) is 5.69 Å². The van der Waals surface area contributed by atoms with Crippen LogP contribution in [0.1, 0.15) is 22.8 Å². The summed E-state index contributed by atoms with van der Waals surface area (Å²) >= 11 is 0. The van der Waals surface area contributed by atoms with Crippen LogP contribution in [-0.2, 0) is 6.54 Å². The fourth-order valence-electron chi connectivity index (χ4n) is 1.90. The van der Waals surface area contributed by atoms with E-state index in [9.17, 15) is 14.4 Å². The molecular formula is C14H14N2O4. The lowest BCUT2D eigenvalue weighted by Crippen LogP contribution is -2.41. The average Bonchev–Trinajstić information content (AvgIpc) is 2.41. The summed E-state index contributed by atoms with van der Waals surface area (Å²) in [4.78, 5) is 35.5. The molecule has 20 heavy (non-hydrogen) atoms. The molecule has 0 spiro atoms. The number of aromatic nitrogens is 2. The standard InChI is InChI=1S/C14H14N2O4/c1-3-15-8-11(13(18)19)12(17)16(14(15)20)10-6-4-9(2)5-7-10/h4-8H,3H2,1-2H3,(H,18,19). The molecule has 0 fully saturated rings. The molecule has 0 aliphatic heterocycles. The van der Waals surface area contributed by atoms with Crippen molar-refractivity contribution in [1.29, 1.82) is 0 Å². The fraction of sp³-hybridized carbons (Fsp3) is 0.214. The molecule has 1 aromatic heterocycles. The second-order valence-corrected chi connectivity index (χ2v) is 4.39. The van der Waals surface area contributed by atoms with Gasteiger partial charge in [0.25, 0.3) is 5.56 Å². The van der Waals surface area contributed by atoms with Crippen LogP contribution in [0.3, 0.4) is 0 Å². The first-order chi connectivity index (χ1) is 9.45. The van der Waals surface area contributed by atoms with Crippen molar-refractivity contribution >= 4 is 5.97 Å². The highest BCUT2D eigenvalue weighted by Gasteiger charge is 2.16. The van der Waals surface area contributed by atoms with Gasteiger partial charge in [-0.05, 0) is 26.0 Å². The van der Waals surface area contributed by atoms with Crippen molar-refractivity contribution < 1.29 is 9.90 Å². The number of carbonyl (C=O) groups is 1. The number of benzene rings is 1. The summed E-state index contributed by atoms with van der Waals surface area (Å²) in [5.74, 6) is -1.35. The van der Waals surface area contributed by atoms with Crippen molar-refractivity contribution in [2.45, 2.75) is 20.4 Å². The zero-order chi connectivity index (χ0) is 14.9. The minimum absolute atomic E-state index is 0.283. The number of aromatic carboxylic acids is 1. The van der Waals surface area contributed by atoms with E-state index in [0.717, 1.165) is 16.3 Å². The first kappa shape index (κ1) is 13.8. The maximum Gasteiger partial charge on any atom is 0.342 e. The van der Waals surface area contributed by atoms with Gasteiger partial charge in [-0.15, -0.1) is 0 Å². The molecule has 0 unspecified atom stereocenters. The molecule has 6 nitrogen and oxygen atoms in total. The molecule has 6 heteroatoms. The van der Waals surface area contributed by atoms with Crippen LogP contribution >= 0.6 is 0 Å². The van der Waals surface area contributed by atoms with Crippen LogP contribution in [0.25, 0.3) is 5.69 Å². The zero-order valence-corrected chi connectivity index (χ0v) is 11.2. The highest BCUT2D eigenvalue weighted by molar-refractivity contribution is 5.86. The molecule has 2 rings (SSSR count). The molecular weight excluding hydrogens is 260 g/mol. The lowest BCUT2D eigenvalue weighted by Gasteiger charge is -2.10. The van der Waals surface area contributed by atoms with E-state index in [-0.39, 0.29) is 6.54 Å². The van der Waals surface area contributed by atoms with Gasteiger partial charge in [-0.1, -0.05) is 17.7 Å². The van der Waals surface area contributed by atoms with Gasteiger partial charge in [-0.2, -0.15) is 0 Å². The van der Waals surface area contributed by atoms with E-state index in [2.05, 4.69) is 0 Å².